The second-order valence-electron chi connectivity index (χ2n) is 1.99. The van der Waals surface area contributed by atoms with Crippen LogP contribution in [0.5, 0.6) is 0 Å². The minimum absolute atomic E-state index is 0.126. The molecule has 0 fully saturated rings. The molecule has 8 nitrogen and oxygen atoms in total. The van der Waals surface area contributed by atoms with Gasteiger partial charge in [-0.05, 0) is 0 Å². The van der Waals surface area contributed by atoms with E-state index >= 15 is 0 Å². The van der Waals surface area contributed by atoms with Gasteiger partial charge in [0.2, 0.25) is 0 Å². The molecule has 0 atom stereocenters. The summed E-state index contributed by atoms with van der Waals surface area (Å²) < 4.78 is 4.25. The van der Waals surface area contributed by atoms with E-state index in [1.165, 1.54) is 0 Å². The Morgan fingerprint density at radius 3 is 2.08 bits per heavy atom. The van der Waals surface area contributed by atoms with E-state index in [1.807, 2.05) is 0 Å². The molecule has 0 aliphatic rings. The van der Waals surface area contributed by atoms with Crippen LogP contribution in [0.1, 0.15) is 0 Å². The summed E-state index contributed by atoms with van der Waals surface area (Å²) in [6.07, 6.45) is -1.16. The number of carbonyl (C=O) groups is 1. The van der Waals surface area contributed by atoms with Gasteiger partial charge in [0.25, 0.3) is 0 Å². The SMILES string of the molecule is COC(=O)n1c(=O)[nH]c(=O)[nH]c1=O. The van der Waals surface area contributed by atoms with Crippen molar-refractivity contribution in [2.45, 2.75) is 0 Å². The zero-order valence-corrected chi connectivity index (χ0v) is 6.49. The van der Waals surface area contributed by atoms with Gasteiger partial charge in [0.1, 0.15) is 0 Å². The molecule has 70 valence electrons. The second kappa shape index (κ2) is 3.09. The lowest BCUT2D eigenvalue weighted by Crippen LogP contribution is -2.46. The Morgan fingerprint density at radius 2 is 1.69 bits per heavy atom. The molecule has 2 N–H and O–H groups in total. The normalized spacial score (nSPS) is 9.62. The third-order valence-electron chi connectivity index (χ3n) is 1.20. The molecule has 0 saturated heterocycles. The Kier molecular flexibility index (Phi) is 2.13. The van der Waals surface area contributed by atoms with Crippen molar-refractivity contribution in [3.05, 3.63) is 31.5 Å². The molecule has 1 heterocycles. The maximum Gasteiger partial charge on any atom is 0.426 e. The molecule has 0 aromatic carbocycles. The number of aromatic nitrogens is 3. The third-order valence-corrected chi connectivity index (χ3v) is 1.20. The van der Waals surface area contributed by atoms with Gasteiger partial charge in [-0.15, -0.1) is 4.57 Å². The molecule has 0 unspecified atom stereocenters. The summed E-state index contributed by atoms with van der Waals surface area (Å²) in [6.45, 7) is 0. The van der Waals surface area contributed by atoms with Crippen LogP contribution in [0.4, 0.5) is 4.79 Å². The van der Waals surface area contributed by atoms with E-state index < -0.39 is 23.2 Å². The lowest BCUT2D eigenvalue weighted by molar-refractivity contribution is 0.170. The molecule has 0 aliphatic carbocycles. The van der Waals surface area contributed by atoms with Gasteiger partial charge < -0.3 is 4.74 Å². The summed E-state index contributed by atoms with van der Waals surface area (Å²) in [5.41, 5.74) is -3.25. The Labute approximate surface area is 69.8 Å². The van der Waals surface area contributed by atoms with Crippen molar-refractivity contribution >= 4 is 6.09 Å². The van der Waals surface area contributed by atoms with E-state index in [4.69, 9.17) is 0 Å². The number of nitrogens with one attached hydrogen (secondary N) is 2. The van der Waals surface area contributed by atoms with Crippen molar-refractivity contribution in [1.82, 2.24) is 14.5 Å². The van der Waals surface area contributed by atoms with Crippen LogP contribution in [0.15, 0.2) is 14.4 Å². The fourth-order valence-corrected chi connectivity index (χ4v) is 0.687. The lowest BCUT2D eigenvalue weighted by Gasteiger charge is -1.97. The topological polar surface area (TPSA) is 114 Å². The fourth-order valence-electron chi connectivity index (χ4n) is 0.687. The van der Waals surface area contributed by atoms with E-state index in [2.05, 4.69) is 4.74 Å². The van der Waals surface area contributed by atoms with Gasteiger partial charge >= 0.3 is 23.2 Å². The van der Waals surface area contributed by atoms with Crippen LogP contribution >= 0.6 is 0 Å². The third kappa shape index (κ3) is 1.55. The molecule has 1 aromatic rings. The molecule has 1 aromatic heterocycles. The van der Waals surface area contributed by atoms with Crippen LogP contribution in [0.2, 0.25) is 0 Å². The predicted molar refractivity (Wildman–Crippen MR) is 39.7 cm³/mol. The molecule has 0 spiro atoms. The molecule has 0 bridgehead atoms. The van der Waals surface area contributed by atoms with Gasteiger partial charge in [-0.1, -0.05) is 0 Å². The highest BCUT2D eigenvalue weighted by Crippen LogP contribution is 1.72. The van der Waals surface area contributed by atoms with Gasteiger partial charge in [0.05, 0.1) is 7.11 Å². The highest BCUT2D eigenvalue weighted by molar-refractivity contribution is 5.69. The van der Waals surface area contributed by atoms with Crippen LogP contribution in [0.3, 0.4) is 0 Å². The van der Waals surface area contributed by atoms with Gasteiger partial charge in [-0.3, -0.25) is 9.97 Å². The number of ether oxygens (including phenoxy) is 1. The smallest absolute Gasteiger partial charge is 0.426 e. The first kappa shape index (κ1) is 8.97. The fraction of sp³-hybridized carbons (Fsp3) is 0.200. The highest BCUT2D eigenvalue weighted by atomic mass is 16.5. The number of hydrogen-bond acceptors (Lipinski definition) is 5. The summed E-state index contributed by atoms with van der Waals surface area (Å²) in [6, 6.07) is 0. The Morgan fingerprint density at radius 1 is 1.23 bits per heavy atom. The summed E-state index contributed by atoms with van der Waals surface area (Å²) >= 11 is 0. The molecular weight excluding hydrogens is 182 g/mol. The standard InChI is InChI=1S/C5H5N3O5/c1-13-5(12)8-3(10)6-2(9)7-4(8)11/h1H3,(H2,6,7,9,10,11). The first-order valence-corrected chi connectivity index (χ1v) is 3.10. The lowest BCUT2D eigenvalue weighted by atomic mass is 10.9. The maximum atomic E-state index is 10.8. The number of aromatic amines is 2. The summed E-state index contributed by atoms with van der Waals surface area (Å²) in [5, 5.41) is 0. The van der Waals surface area contributed by atoms with Crippen LogP contribution in [-0.4, -0.2) is 27.7 Å². The first-order chi connectivity index (χ1) is 6.06. The number of nitrogens with zero attached hydrogens (tertiary/aromatic N) is 1. The van der Waals surface area contributed by atoms with E-state index in [1.54, 1.807) is 9.97 Å². The van der Waals surface area contributed by atoms with Crippen LogP contribution in [-0.2, 0) is 4.74 Å². The monoisotopic (exact) mass is 187 g/mol. The zero-order valence-electron chi connectivity index (χ0n) is 6.49. The predicted octanol–water partition coefficient (Wildman–Crippen LogP) is -2.16. The molecule has 0 saturated carbocycles. The van der Waals surface area contributed by atoms with E-state index in [0.29, 0.717) is 0 Å². The van der Waals surface area contributed by atoms with Crippen molar-refractivity contribution in [3.8, 4) is 0 Å². The van der Waals surface area contributed by atoms with E-state index in [0.717, 1.165) is 7.11 Å². The Bertz CT molecular complexity index is 458. The summed E-state index contributed by atoms with van der Waals surface area (Å²) in [5.74, 6) is 0. The van der Waals surface area contributed by atoms with Gasteiger partial charge in [0.15, 0.2) is 0 Å². The maximum absolute atomic E-state index is 10.8. The molecule has 0 radical (unpaired) electrons. The quantitative estimate of drug-likeness (QED) is 0.480. The molecule has 0 aliphatic heterocycles. The highest BCUT2D eigenvalue weighted by Gasteiger charge is 2.11. The number of H-pyrrole nitrogens is 2. The molecule has 13 heavy (non-hydrogen) atoms. The van der Waals surface area contributed by atoms with Gasteiger partial charge in [-0.2, -0.15) is 0 Å². The van der Waals surface area contributed by atoms with Crippen molar-refractivity contribution < 1.29 is 9.53 Å². The van der Waals surface area contributed by atoms with Crippen LogP contribution < -0.4 is 17.1 Å². The van der Waals surface area contributed by atoms with Gasteiger partial charge in [0, 0.05) is 0 Å². The van der Waals surface area contributed by atoms with Crippen molar-refractivity contribution in [3.63, 3.8) is 0 Å². The molecular formula is C5H5N3O5. The first-order valence-electron chi connectivity index (χ1n) is 3.10. The number of methoxy groups -OCH3 is 1. The molecule has 1 rings (SSSR count). The second-order valence-corrected chi connectivity index (χ2v) is 1.99. The van der Waals surface area contributed by atoms with E-state index in [9.17, 15) is 19.2 Å². The number of rotatable bonds is 0. The number of hydrogen-bond donors (Lipinski definition) is 2. The molecule has 0 amide bonds. The molecule has 8 heteroatoms. The summed E-state index contributed by atoms with van der Waals surface area (Å²) in [4.78, 5) is 46.3. The van der Waals surface area contributed by atoms with Crippen LogP contribution in [0, 0.1) is 0 Å². The average Bonchev–Trinajstić information content (AvgIpc) is 2.02. The van der Waals surface area contributed by atoms with E-state index in [-0.39, 0.29) is 4.57 Å². The van der Waals surface area contributed by atoms with Crippen LogP contribution in [0.25, 0.3) is 0 Å². The van der Waals surface area contributed by atoms with Crippen molar-refractivity contribution in [1.29, 1.82) is 0 Å². The number of carbonyl (C=O) groups excluding carboxylic acids is 1. The minimum atomic E-state index is -1.16. The van der Waals surface area contributed by atoms with Crippen molar-refractivity contribution in [2.75, 3.05) is 7.11 Å². The Balaban J connectivity index is 3.57. The van der Waals surface area contributed by atoms with Gasteiger partial charge in [-0.25, -0.2) is 19.2 Å². The van der Waals surface area contributed by atoms with Crippen molar-refractivity contribution in [2.24, 2.45) is 0 Å². The largest absolute Gasteiger partial charge is 0.452 e. The average molecular weight is 187 g/mol. The minimum Gasteiger partial charge on any atom is -0.452 e. The summed E-state index contributed by atoms with van der Waals surface area (Å²) in [7, 11) is 0.999. The Hall–Kier alpha value is -2.12. The zero-order chi connectivity index (χ0) is 10.0.